The molecule has 0 saturated carbocycles. The van der Waals surface area contributed by atoms with Crippen LogP contribution in [0.15, 0.2) is 0 Å². The van der Waals surface area contributed by atoms with Gasteiger partial charge in [-0.25, -0.2) is 13.2 Å². The molecule has 2 saturated heterocycles. The molecule has 2 amide bonds. The Morgan fingerprint density at radius 1 is 1.19 bits per heavy atom. The van der Waals surface area contributed by atoms with Gasteiger partial charge in [0, 0.05) is 45.4 Å². The number of carbonyl (C=O) groups is 2. The van der Waals surface area contributed by atoms with Crippen molar-refractivity contribution in [2.45, 2.75) is 30.2 Å². The quantitative estimate of drug-likeness (QED) is 0.674. The molecular formula is C15H23N3O7S. The van der Waals surface area contributed by atoms with E-state index in [0.717, 1.165) is 13.2 Å². The van der Waals surface area contributed by atoms with E-state index in [2.05, 4.69) is 5.32 Å². The van der Waals surface area contributed by atoms with Crippen LogP contribution in [0.3, 0.4) is 0 Å². The SMILES string of the molecule is CC(OC(=O)N1CCOCC1)(C(=O)NC1(C#N)CCOCC1)S(C)(=O)=O. The molecule has 146 valence electrons. The number of hydrogen-bond donors (Lipinski definition) is 1. The largest absolute Gasteiger partial charge is 0.417 e. The third-order valence-corrected chi connectivity index (χ3v) is 6.27. The number of nitrogens with zero attached hydrogens (tertiary/aromatic N) is 2. The van der Waals surface area contributed by atoms with Crippen molar-refractivity contribution in [3.05, 3.63) is 0 Å². The first-order valence-electron chi connectivity index (χ1n) is 8.20. The van der Waals surface area contributed by atoms with Crippen molar-refractivity contribution >= 4 is 21.8 Å². The van der Waals surface area contributed by atoms with E-state index in [0.29, 0.717) is 13.2 Å². The van der Waals surface area contributed by atoms with Crippen molar-refractivity contribution in [2.24, 2.45) is 0 Å². The predicted molar refractivity (Wildman–Crippen MR) is 88.7 cm³/mol. The van der Waals surface area contributed by atoms with Crippen LogP contribution in [-0.4, -0.2) is 81.6 Å². The van der Waals surface area contributed by atoms with Gasteiger partial charge >= 0.3 is 6.09 Å². The van der Waals surface area contributed by atoms with Crippen LogP contribution in [0.4, 0.5) is 4.79 Å². The van der Waals surface area contributed by atoms with Crippen LogP contribution in [-0.2, 0) is 28.8 Å². The van der Waals surface area contributed by atoms with E-state index in [1.165, 1.54) is 4.90 Å². The molecule has 1 N–H and O–H groups in total. The monoisotopic (exact) mass is 389 g/mol. The van der Waals surface area contributed by atoms with Gasteiger partial charge in [0.25, 0.3) is 10.8 Å². The average molecular weight is 389 g/mol. The fraction of sp³-hybridized carbons (Fsp3) is 0.800. The standard InChI is InChI=1S/C15H23N3O7S/c1-14(26(2,21)22,25-13(20)18-5-9-24-10-6-18)12(19)17-15(11-16)3-7-23-8-4-15/h3-10H2,1-2H3,(H,17,19). The Balaban J connectivity index is 2.21. The third-order valence-electron chi connectivity index (χ3n) is 4.58. The van der Waals surface area contributed by atoms with Gasteiger partial charge in [-0.2, -0.15) is 5.26 Å². The number of hydrogen-bond acceptors (Lipinski definition) is 8. The number of morpholine rings is 1. The Morgan fingerprint density at radius 3 is 2.23 bits per heavy atom. The van der Waals surface area contributed by atoms with Crippen LogP contribution in [0.2, 0.25) is 0 Å². The van der Waals surface area contributed by atoms with Crippen molar-refractivity contribution in [1.29, 1.82) is 5.26 Å². The minimum atomic E-state index is -4.14. The van der Waals surface area contributed by atoms with Crippen molar-refractivity contribution in [3.63, 3.8) is 0 Å². The highest BCUT2D eigenvalue weighted by atomic mass is 32.2. The summed E-state index contributed by atoms with van der Waals surface area (Å²) in [5.41, 5.74) is -1.26. The van der Waals surface area contributed by atoms with Crippen LogP contribution in [0, 0.1) is 11.3 Å². The van der Waals surface area contributed by atoms with Crippen LogP contribution in [0.5, 0.6) is 0 Å². The van der Waals surface area contributed by atoms with Gasteiger partial charge in [0.1, 0.15) is 5.54 Å². The van der Waals surface area contributed by atoms with Crippen LogP contribution in [0.1, 0.15) is 19.8 Å². The second kappa shape index (κ2) is 7.77. The molecule has 0 aliphatic carbocycles. The molecule has 10 nitrogen and oxygen atoms in total. The molecule has 0 aromatic carbocycles. The van der Waals surface area contributed by atoms with E-state index in [1.54, 1.807) is 0 Å². The number of nitriles is 1. The molecule has 0 spiro atoms. The lowest BCUT2D eigenvalue weighted by atomic mass is 9.91. The second-order valence-electron chi connectivity index (χ2n) is 6.45. The highest BCUT2D eigenvalue weighted by Crippen LogP contribution is 2.25. The highest BCUT2D eigenvalue weighted by Gasteiger charge is 2.51. The molecular weight excluding hydrogens is 366 g/mol. The summed E-state index contributed by atoms with van der Waals surface area (Å²) in [7, 11) is -4.14. The maximum absolute atomic E-state index is 12.8. The maximum Gasteiger partial charge on any atom is 0.411 e. The first kappa shape index (κ1) is 20.4. The minimum Gasteiger partial charge on any atom is -0.417 e. The lowest BCUT2D eigenvalue weighted by Gasteiger charge is -2.36. The Morgan fingerprint density at radius 2 is 1.73 bits per heavy atom. The molecule has 11 heteroatoms. The minimum absolute atomic E-state index is 0.215. The van der Waals surface area contributed by atoms with E-state index >= 15 is 0 Å². The fourth-order valence-electron chi connectivity index (χ4n) is 2.58. The Bertz CT molecular complexity index is 691. The van der Waals surface area contributed by atoms with Gasteiger partial charge in [-0.1, -0.05) is 0 Å². The van der Waals surface area contributed by atoms with Gasteiger partial charge in [-0.3, -0.25) is 4.79 Å². The van der Waals surface area contributed by atoms with Gasteiger partial charge < -0.3 is 24.4 Å². The van der Waals surface area contributed by atoms with Crippen molar-refractivity contribution in [2.75, 3.05) is 45.8 Å². The van der Waals surface area contributed by atoms with E-state index in [1.807, 2.05) is 6.07 Å². The van der Waals surface area contributed by atoms with E-state index < -0.39 is 32.3 Å². The third kappa shape index (κ3) is 4.25. The number of carbonyl (C=O) groups excluding carboxylic acids is 2. The van der Waals surface area contributed by atoms with Crippen LogP contribution >= 0.6 is 0 Å². The van der Waals surface area contributed by atoms with Gasteiger partial charge in [0.15, 0.2) is 9.84 Å². The maximum atomic E-state index is 12.8. The van der Waals surface area contributed by atoms with Gasteiger partial charge in [-0.05, 0) is 6.92 Å². The van der Waals surface area contributed by atoms with Crippen molar-refractivity contribution in [3.8, 4) is 6.07 Å². The summed E-state index contributed by atoms with van der Waals surface area (Å²) in [6.45, 7) is 2.61. The molecule has 2 fully saturated rings. The Labute approximate surface area is 152 Å². The van der Waals surface area contributed by atoms with Gasteiger partial charge in [-0.15, -0.1) is 0 Å². The summed E-state index contributed by atoms with van der Waals surface area (Å²) < 4.78 is 40.0. The molecule has 0 bridgehead atoms. The summed E-state index contributed by atoms with van der Waals surface area (Å²) in [6, 6.07) is 2.01. The lowest BCUT2D eigenvalue weighted by molar-refractivity contribution is -0.134. The summed E-state index contributed by atoms with van der Waals surface area (Å²) in [5.74, 6) is -1.05. The first-order valence-corrected chi connectivity index (χ1v) is 10.1. The molecule has 2 aliphatic heterocycles. The summed E-state index contributed by atoms with van der Waals surface area (Å²) in [4.78, 5) is 23.9. The van der Waals surface area contributed by atoms with Crippen LogP contribution in [0.25, 0.3) is 0 Å². The molecule has 26 heavy (non-hydrogen) atoms. The topological polar surface area (TPSA) is 135 Å². The zero-order valence-corrected chi connectivity index (χ0v) is 15.6. The van der Waals surface area contributed by atoms with Crippen molar-refractivity contribution < 1.29 is 32.2 Å². The smallest absolute Gasteiger partial charge is 0.411 e. The number of rotatable bonds is 4. The van der Waals surface area contributed by atoms with Crippen LogP contribution < -0.4 is 5.32 Å². The molecule has 2 heterocycles. The molecule has 0 aromatic heterocycles. The summed E-state index contributed by atoms with van der Waals surface area (Å²) in [5, 5.41) is 11.9. The molecule has 2 rings (SSSR count). The zero-order chi connectivity index (χ0) is 19.4. The van der Waals surface area contributed by atoms with E-state index in [9.17, 15) is 23.3 Å². The van der Waals surface area contributed by atoms with Crippen molar-refractivity contribution in [1.82, 2.24) is 10.2 Å². The molecule has 0 radical (unpaired) electrons. The zero-order valence-electron chi connectivity index (χ0n) is 14.8. The molecule has 0 aromatic rings. The summed E-state index contributed by atoms with van der Waals surface area (Å²) >= 11 is 0. The lowest BCUT2D eigenvalue weighted by Crippen LogP contribution is -2.61. The Kier molecular flexibility index (Phi) is 6.10. The van der Waals surface area contributed by atoms with E-state index in [4.69, 9.17) is 14.2 Å². The predicted octanol–water partition coefficient (Wildman–Crippen LogP) is -0.595. The average Bonchev–Trinajstić information content (AvgIpc) is 2.62. The number of sulfone groups is 1. The van der Waals surface area contributed by atoms with Gasteiger partial charge in [0.05, 0.1) is 19.3 Å². The number of nitrogens with one attached hydrogen (secondary N) is 1. The second-order valence-corrected chi connectivity index (χ2v) is 8.77. The first-order chi connectivity index (χ1) is 12.1. The summed E-state index contributed by atoms with van der Waals surface area (Å²) in [6.07, 6.45) is 0.315. The molecule has 1 unspecified atom stereocenters. The van der Waals surface area contributed by atoms with E-state index in [-0.39, 0.29) is 39.1 Å². The molecule has 1 atom stereocenters. The molecule has 2 aliphatic rings. The fourth-order valence-corrected chi connectivity index (χ4v) is 3.19. The highest BCUT2D eigenvalue weighted by molar-refractivity contribution is 7.92. The number of ether oxygens (including phenoxy) is 3. The van der Waals surface area contributed by atoms with Gasteiger partial charge in [0.2, 0.25) is 0 Å². The normalized spacial score (nSPS) is 22.6. The Hall–Kier alpha value is -1.90. The number of amides is 2.